The van der Waals surface area contributed by atoms with Crippen LogP contribution < -0.4 is 5.32 Å². The molecule has 5 heteroatoms. The Kier molecular flexibility index (Phi) is 5.61. The van der Waals surface area contributed by atoms with Gasteiger partial charge in [-0.25, -0.2) is 0 Å². The lowest BCUT2D eigenvalue weighted by Gasteiger charge is -2.45. The van der Waals surface area contributed by atoms with Crippen molar-refractivity contribution in [2.45, 2.75) is 59.2 Å². The Labute approximate surface area is 163 Å². The minimum atomic E-state index is -0.305. The van der Waals surface area contributed by atoms with Gasteiger partial charge >= 0.3 is 0 Å². The molecule has 2 saturated heterocycles. The first kappa shape index (κ1) is 19.9. The molecule has 1 atom stereocenters. The monoisotopic (exact) mass is 371 g/mol. The molecule has 1 aromatic rings. The summed E-state index contributed by atoms with van der Waals surface area (Å²) in [7, 11) is 0. The molecule has 27 heavy (non-hydrogen) atoms. The maximum absolute atomic E-state index is 13.0. The van der Waals surface area contributed by atoms with Crippen molar-refractivity contribution >= 4 is 11.8 Å². The van der Waals surface area contributed by atoms with E-state index in [4.69, 9.17) is 0 Å². The van der Waals surface area contributed by atoms with Crippen LogP contribution in [-0.2, 0) is 4.79 Å². The molecule has 148 valence electrons. The molecule has 2 amide bonds. The maximum atomic E-state index is 13.0. The molecule has 2 fully saturated rings. The van der Waals surface area contributed by atoms with Gasteiger partial charge in [0.15, 0.2) is 0 Å². The van der Waals surface area contributed by atoms with Crippen LogP contribution in [0.1, 0.15) is 56.5 Å². The van der Waals surface area contributed by atoms with Gasteiger partial charge in [0.05, 0.1) is 11.7 Å². The molecule has 0 bridgehead atoms. The van der Waals surface area contributed by atoms with Gasteiger partial charge in [-0.05, 0) is 30.9 Å². The molecule has 1 unspecified atom stereocenters. The Morgan fingerprint density at radius 1 is 1.15 bits per heavy atom. The van der Waals surface area contributed by atoms with Gasteiger partial charge in [-0.1, -0.05) is 45.4 Å². The van der Waals surface area contributed by atoms with Gasteiger partial charge in [0.25, 0.3) is 5.91 Å². The number of nitrogens with one attached hydrogen (secondary N) is 1. The summed E-state index contributed by atoms with van der Waals surface area (Å²) in [4.78, 5) is 29.8. The van der Waals surface area contributed by atoms with E-state index in [1.54, 1.807) is 0 Å². The number of nitrogens with zero attached hydrogens (tertiary/aromatic N) is 2. The normalized spacial score (nSPS) is 22.3. The molecule has 5 nitrogen and oxygen atoms in total. The van der Waals surface area contributed by atoms with E-state index >= 15 is 0 Å². The van der Waals surface area contributed by atoms with Crippen LogP contribution in [0, 0.1) is 18.8 Å². The number of likely N-dealkylation sites (tertiary alicyclic amines) is 1. The lowest BCUT2D eigenvalue weighted by molar-refractivity contribution is -0.134. The smallest absolute Gasteiger partial charge is 0.253 e. The second-order valence-electron chi connectivity index (χ2n) is 8.90. The highest BCUT2D eigenvalue weighted by atomic mass is 16.2. The molecule has 0 aliphatic carbocycles. The Hall–Kier alpha value is -1.88. The van der Waals surface area contributed by atoms with Crippen LogP contribution in [0.25, 0.3) is 0 Å². The standard InChI is InChI=1S/C22H33N3O2/c1-15(2)14-25-21(27)19(16(3)4)23-22(25)10-12-24(13-11-22)20(26)18-8-6-17(5)7-9-18/h6-9,15-16,19,23H,10-14H2,1-5H3. The highest BCUT2D eigenvalue weighted by molar-refractivity contribution is 5.94. The van der Waals surface area contributed by atoms with Gasteiger partial charge < -0.3 is 9.80 Å². The van der Waals surface area contributed by atoms with Gasteiger partial charge in [-0.15, -0.1) is 0 Å². The van der Waals surface area contributed by atoms with E-state index in [9.17, 15) is 9.59 Å². The van der Waals surface area contributed by atoms with E-state index < -0.39 is 0 Å². The third-order valence-corrected chi connectivity index (χ3v) is 5.86. The Morgan fingerprint density at radius 2 is 1.74 bits per heavy atom. The molecule has 0 radical (unpaired) electrons. The maximum Gasteiger partial charge on any atom is 0.253 e. The molecule has 0 aromatic heterocycles. The summed E-state index contributed by atoms with van der Waals surface area (Å²) in [6, 6.07) is 7.64. The van der Waals surface area contributed by atoms with E-state index in [0.717, 1.165) is 30.5 Å². The molecule has 2 heterocycles. The quantitative estimate of drug-likeness (QED) is 0.885. The predicted octanol–water partition coefficient (Wildman–Crippen LogP) is 3.04. The fourth-order valence-electron chi connectivity index (χ4n) is 4.26. The molecule has 3 rings (SSSR count). The Balaban J connectivity index is 1.74. The van der Waals surface area contributed by atoms with Gasteiger partial charge in [0, 0.05) is 38.0 Å². The number of carbonyl (C=O) groups excluding carboxylic acids is 2. The van der Waals surface area contributed by atoms with Crippen LogP contribution >= 0.6 is 0 Å². The van der Waals surface area contributed by atoms with Crippen molar-refractivity contribution in [1.82, 2.24) is 15.1 Å². The third kappa shape index (κ3) is 3.88. The largest absolute Gasteiger partial charge is 0.338 e. The zero-order chi connectivity index (χ0) is 19.8. The number of rotatable bonds is 4. The fraction of sp³-hybridized carbons (Fsp3) is 0.636. The van der Waals surface area contributed by atoms with Crippen LogP contribution in [0.15, 0.2) is 24.3 Å². The molecule has 2 aliphatic heterocycles. The Morgan fingerprint density at radius 3 is 2.26 bits per heavy atom. The summed E-state index contributed by atoms with van der Waals surface area (Å²) in [5.74, 6) is 0.992. The van der Waals surface area contributed by atoms with Crippen molar-refractivity contribution in [2.24, 2.45) is 11.8 Å². The average Bonchev–Trinajstić information content (AvgIpc) is 2.88. The first-order valence-corrected chi connectivity index (χ1v) is 10.2. The van der Waals surface area contributed by atoms with Crippen molar-refractivity contribution in [1.29, 1.82) is 0 Å². The highest BCUT2D eigenvalue weighted by Crippen LogP contribution is 2.35. The van der Waals surface area contributed by atoms with Crippen LogP contribution in [0.5, 0.6) is 0 Å². The number of hydrogen-bond acceptors (Lipinski definition) is 3. The summed E-state index contributed by atoms with van der Waals surface area (Å²) in [6.45, 7) is 12.6. The number of piperidine rings is 1. The number of benzene rings is 1. The first-order chi connectivity index (χ1) is 12.7. The summed E-state index contributed by atoms with van der Waals surface area (Å²) in [5.41, 5.74) is 1.59. The van der Waals surface area contributed by atoms with Gasteiger partial charge in [0.2, 0.25) is 5.91 Å². The SMILES string of the molecule is Cc1ccc(C(=O)N2CCC3(CC2)NC(C(C)C)C(=O)N3CC(C)C)cc1. The minimum Gasteiger partial charge on any atom is -0.338 e. The van der Waals surface area contributed by atoms with E-state index in [1.807, 2.05) is 36.1 Å². The molecule has 1 aromatic carbocycles. The van der Waals surface area contributed by atoms with E-state index in [2.05, 4.69) is 37.9 Å². The second kappa shape index (κ2) is 7.63. The summed E-state index contributed by atoms with van der Waals surface area (Å²) in [5, 5.41) is 3.66. The third-order valence-electron chi connectivity index (χ3n) is 5.86. The van der Waals surface area contributed by atoms with E-state index in [-0.39, 0.29) is 29.4 Å². The summed E-state index contributed by atoms with van der Waals surface area (Å²) >= 11 is 0. The van der Waals surface area contributed by atoms with Crippen LogP contribution in [0.3, 0.4) is 0 Å². The van der Waals surface area contributed by atoms with Crippen molar-refractivity contribution in [2.75, 3.05) is 19.6 Å². The first-order valence-electron chi connectivity index (χ1n) is 10.2. The number of aryl methyl sites for hydroxylation is 1. The predicted molar refractivity (Wildman–Crippen MR) is 107 cm³/mol. The van der Waals surface area contributed by atoms with Crippen LogP contribution in [0.4, 0.5) is 0 Å². The van der Waals surface area contributed by atoms with Crippen molar-refractivity contribution < 1.29 is 9.59 Å². The lowest BCUT2D eigenvalue weighted by atomic mass is 9.94. The molecule has 2 aliphatic rings. The van der Waals surface area contributed by atoms with Crippen molar-refractivity contribution in [3.05, 3.63) is 35.4 Å². The van der Waals surface area contributed by atoms with Gasteiger partial charge in [0.1, 0.15) is 0 Å². The highest BCUT2D eigenvalue weighted by Gasteiger charge is 2.52. The summed E-state index contributed by atoms with van der Waals surface area (Å²) < 4.78 is 0. The topological polar surface area (TPSA) is 52.7 Å². The average molecular weight is 372 g/mol. The number of amides is 2. The Bertz CT molecular complexity index is 688. The number of carbonyl (C=O) groups is 2. The van der Waals surface area contributed by atoms with E-state index in [0.29, 0.717) is 19.0 Å². The molecular weight excluding hydrogens is 338 g/mol. The fourth-order valence-corrected chi connectivity index (χ4v) is 4.26. The van der Waals surface area contributed by atoms with Crippen molar-refractivity contribution in [3.8, 4) is 0 Å². The zero-order valence-corrected chi connectivity index (χ0v) is 17.3. The minimum absolute atomic E-state index is 0.0880. The zero-order valence-electron chi connectivity index (χ0n) is 17.3. The van der Waals surface area contributed by atoms with Gasteiger partial charge in [-0.2, -0.15) is 0 Å². The molecular formula is C22H33N3O2. The number of hydrogen-bond donors (Lipinski definition) is 1. The lowest BCUT2D eigenvalue weighted by Crippen LogP contribution is -2.60. The molecule has 1 spiro atoms. The summed E-state index contributed by atoms with van der Waals surface area (Å²) in [6.07, 6.45) is 1.57. The van der Waals surface area contributed by atoms with Crippen LogP contribution in [0.2, 0.25) is 0 Å². The van der Waals surface area contributed by atoms with Gasteiger partial charge in [-0.3, -0.25) is 14.9 Å². The molecule has 0 saturated carbocycles. The van der Waals surface area contributed by atoms with Crippen LogP contribution in [-0.4, -0.2) is 53.0 Å². The molecule has 1 N–H and O–H groups in total. The van der Waals surface area contributed by atoms with E-state index in [1.165, 1.54) is 0 Å². The van der Waals surface area contributed by atoms with Crippen molar-refractivity contribution in [3.63, 3.8) is 0 Å². The second-order valence-corrected chi connectivity index (χ2v) is 8.90.